The predicted molar refractivity (Wildman–Crippen MR) is 123 cm³/mol. The summed E-state index contributed by atoms with van der Waals surface area (Å²) in [6.07, 6.45) is 1.12. The smallest absolute Gasteiger partial charge is 0.252 e. The second-order valence-electron chi connectivity index (χ2n) is 8.22. The van der Waals surface area contributed by atoms with E-state index in [0.717, 1.165) is 40.6 Å². The van der Waals surface area contributed by atoms with E-state index in [1.165, 1.54) is 0 Å². The second-order valence-corrected chi connectivity index (χ2v) is 8.22. The highest BCUT2D eigenvalue weighted by molar-refractivity contribution is 5.85. The third-order valence-electron chi connectivity index (χ3n) is 6.24. The summed E-state index contributed by atoms with van der Waals surface area (Å²) in [4.78, 5) is 24.3. The van der Waals surface area contributed by atoms with E-state index in [9.17, 15) is 14.9 Å². The van der Waals surface area contributed by atoms with E-state index >= 15 is 0 Å². The molecule has 2 aromatic carbocycles. The Kier molecular flexibility index (Phi) is 6.08. The molecule has 0 saturated carbocycles. The topological polar surface area (TPSA) is 110 Å². The van der Waals surface area contributed by atoms with Crippen molar-refractivity contribution >= 4 is 16.8 Å². The molecule has 32 heavy (non-hydrogen) atoms. The number of aryl methyl sites for hydroxylation is 1. The number of ether oxygens (including phenoxy) is 1. The Bertz CT molecular complexity index is 1230. The highest BCUT2D eigenvalue weighted by Gasteiger charge is 2.46. The number of benzene rings is 2. The minimum absolute atomic E-state index is 0.0499. The summed E-state index contributed by atoms with van der Waals surface area (Å²) < 4.78 is 7.48. The van der Waals surface area contributed by atoms with Crippen molar-refractivity contribution in [3.8, 4) is 17.2 Å². The predicted octanol–water partition coefficient (Wildman–Crippen LogP) is 2.12. The Labute approximate surface area is 186 Å². The molecular weight excluding hydrogens is 404 g/mol. The number of hydrogen-bond acceptors (Lipinski definition) is 5. The van der Waals surface area contributed by atoms with Crippen LogP contribution in [-0.2, 0) is 23.0 Å². The number of hydrogen-bond donors (Lipinski definition) is 2. The lowest BCUT2D eigenvalue weighted by Gasteiger charge is -2.33. The fourth-order valence-corrected chi connectivity index (χ4v) is 4.26. The zero-order chi connectivity index (χ0) is 22.7. The third kappa shape index (κ3) is 4.03. The molecule has 0 bridgehead atoms. The number of nitrogens with two attached hydrogens (primary N) is 1. The lowest BCUT2D eigenvalue weighted by molar-refractivity contribution is -0.147. The SMILES string of the molecule is Cn1c(=O)ccc2ccc(-c3ccc(C[C@@H](C#N)C4(C(N)=O)CNCCCO4)cc3)cc21. The van der Waals surface area contributed by atoms with Crippen LogP contribution in [0.2, 0.25) is 0 Å². The molecule has 3 N–H and O–H groups in total. The minimum Gasteiger partial charge on any atom is -0.367 e. The quantitative estimate of drug-likeness (QED) is 0.644. The number of nitrogens with zero attached hydrogens (tertiary/aromatic N) is 2. The molecule has 7 nitrogen and oxygen atoms in total. The van der Waals surface area contributed by atoms with Crippen LogP contribution in [0, 0.1) is 17.2 Å². The number of primary amides is 1. The highest BCUT2D eigenvalue weighted by Crippen LogP contribution is 2.29. The van der Waals surface area contributed by atoms with Gasteiger partial charge >= 0.3 is 0 Å². The van der Waals surface area contributed by atoms with Gasteiger partial charge in [-0.05, 0) is 53.6 Å². The molecule has 2 heterocycles. The van der Waals surface area contributed by atoms with E-state index in [2.05, 4.69) is 11.4 Å². The van der Waals surface area contributed by atoms with Gasteiger partial charge in [-0.3, -0.25) is 9.59 Å². The van der Waals surface area contributed by atoms with Crippen LogP contribution in [0.4, 0.5) is 0 Å². The molecule has 1 aromatic heterocycles. The first-order valence-electron chi connectivity index (χ1n) is 10.7. The number of aromatic nitrogens is 1. The fraction of sp³-hybridized carbons (Fsp3) is 0.320. The molecule has 1 saturated heterocycles. The average Bonchev–Trinajstić information content (AvgIpc) is 3.07. The molecule has 2 atom stereocenters. The molecule has 0 aliphatic carbocycles. The summed E-state index contributed by atoms with van der Waals surface area (Å²) in [5, 5.41) is 14.0. The average molecular weight is 431 g/mol. The van der Waals surface area contributed by atoms with Gasteiger partial charge in [0.1, 0.15) is 0 Å². The molecule has 1 amide bonds. The fourth-order valence-electron chi connectivity index (χ4n) is 4.26. The van der Waals surface area contributed by atoms with Crippen LogP contribution in [0.1, 0.15) is 12.0 Å². The normalized spacial score (nSPS) is 19.8. The van der Waals surface area contributed by atoms with Crippen molar-refractivity contribution in [2.45, 2.75) is 18.4 Å². The van der Waals surface area contributed by atoms with Gasteiger partial charge < -0.3 is 20.4 Å². The number of nitriles is 1. The molecule has 0 spiro atoms. The summed E-state index contributed by atoms with van der Waals surface area (Å²) in [6, 6.07) is 19.5. The monoisotopic (exact) mass is 430 g/mol. The summed E-state index contributed by atoms with van der Waals surface area (Å²) in [7, 11) is 1.76. The lowest BCUT2D eigenvalue weighted by atomic mass is 9.82. The number of carbonyl (C=O) groups is 1. The first-order chi connectivity index (χ1) is 15.4. The van der Waals surface area contributed by atoms with Crippen molar-refractivity contribution in [3.63, 3.8) is 0 Å². The number of nitrogens with one attached hydrogen (secondary N) is 1. The second kappa shape index (κ2) is 8.95. The van der Waals surface area contributed by atoms with E-state index in [0.29, 0.717) is 13.0 Å². The van der Waals surface area contributed by atoms with Gasteiger partial charge in [-0.1, -0.05) is 36.4 Å². The first kappa shape index (κ1) is 21.8. The van der Waals surface area contributed by atoms with Crippen LogP contribution < -0.4 is 16.6 Å². The van der Waals surface area contributed by atoms with E-state index in [4.69, 9.17) is 10.5 Å². The highest BCUT2D eigenvalue weighted by atomic mass is 16.5. The number of rotatable bonds is 5. The van der Waals surface area contributed by atoms with Crippen molar-refractivity contribution in [2.24, 2.45) is 18.7 Å². The maximum Gasteiger partial charge on any atom is 0.252 e. The molecule has 4 rings (SSSR count). The van der Waals surface area contributed by atoms with Crippen molar-refractivity contribution in [1.82, 2.24) is 9.88 Å². The summed E-state index contributed by atoms with van der Waals surface area (Å²) >= 11 is 0. The largest absolute Gasteiger partial charge is 0.367 e. The number of amides is 1. The summed E-state index contributed by atoms with van der Waals surface area (Å²) in [6.45, 7) is 1.34. The van der Waals surface area contributed by atoms with Crippen LogP contribution in [-0.4, -0.2) is 35.8 Å². The standard InChI is InChI=1S/C25H26N4O3/c1-29-22-14-20(8-7-19(22)9-10-23(29)30)18-5-3-17(4-6-18)13-21(15-26)25(24(27)31)16-28-11-2-12-32-25/h3-10,14,21,28H,2,11-13,16H2,1H3,(H2,27,31)/t21-,25?/m0/s1. The van der Waals surface area contributed by atoms with Crippen LogP contribution in [0.5, 0.6) is 0 Å². The van der Waals surface area contributed by atoms with Crippen molar-refractivity contribution in [3.05, 3.63) is 70.5 Å². The van der Waals surface area contributed by atoms with Crippen molar-refractivity contribution in [1.29, 1.82) is 5.26 Å². The van der Waals surface area contributed by atoms with E-state index in [1.807, 2.05) is 48.5 Å². The maximum absolute atomic E-state index is 12.3. The van der Waals surface area contributed by atoms with Gasteiger partial charge in [0.15, 0.2) is 5.60 Å². The van der Waals surface area contributed by atoms with Crippen LogP contribution >= 0.6 is 0 Å². The molecule has 164 valence electrons. The molecular formula is C25H26N4O3. The van der Waals surface area contributed by atoms with Gasteiger partial charge in [0, 0.05) is 26.3 Å². The molecule has 1 fully saturated rings. The van der Waals surface area contributed by atoms with Crippen LogP contribution in [0.15, 0.2) is 59.4 Å². The lowest BCUT2D eigenvalue weighted by Crippen LogP contribution is -2.57. The summed E-state index contributed by atoms with van der Waals surface area (Å²) in [5.41, 5.74) is 8.08. The van der Waals surface area contributed by atoms with Gasteiger partial charge in [-0.2, -0.15) is 5.26 Å². The Morgan fingerprint density at radius 3 is 2.66 bits per heavy atom. The van der Waals surface area contributed by atoms with Crippen LogP contribution in [0.25, 0.3) is 22.0 Å². The molecule has 1 aliphatic heterocycles. The molecule has 1 aliphatic rings. The zero-order valence-corrected chi connectivity index (χ0v) is 18.0. The molecule has 7 heteroatoms. The van der Waals surface area contributed by atoms with Crippen LogP contribution in [0.3, 0.4) is 0 Å². The summed E-state index contributed by atoms with van der Waals surface area (Å²) in [5.74, 6) is -1.32. The maximum atomic E-state index is 12.3. The Balaban J connectivity index is 1.60. The van der Waals surface area contributed by atoms with Gasteiger partial charge in [0.2, 0.25) is 0 Å². The van der Waals surface area contributed by atoms with Gasteiger partial charge in [-0.25, -0.2) is 0 Å². The number of pyridine rings is 1. The molecule has 1 unspecified atom stereocenters. The Hall–Kier alpha value is -3.47. The molecule has 3 aromatic rings. The van der Waals surface area contributed by atoms with E-state index in [1.54, 1.807) is 17.7 Å². The number of carbonyl (C=O) groups excluding carboxylic acids is 1. The molecule has 0 radical (unpaired) electrons. The van der Waals surface area contributed by atoms with Crippen molar-refractivity contribution in [2.75, 3.05) is 19.7 Å². The Morgan fingerprint density at radius 2 is 1.94 bits per heavy atom. The zero-order valence-electron chi connectivity index (χ0n) is 18.0. The van der Waals surface area contributed by atoms with E-state index in [-0.39, 0.29) is 12.1 Å². The van der Waals surface area contributed by atoms with Gasteiger partial charge in [-0.15, -0.1) is 0 Å². The van der Waals surface area contributed by atoms with E-state index < -0.39 is 17.4 Å². The number of fused-ring (bicyclic) bond motifs is 1. The van der Waals surface area contributed by atoms with Gasteiger partial charge in [0.05, 0.1) is 17.5 Å². The first-order valence-corrected chi connectivity index (χ1v) is 10.7. The van der Waals surface area contributed by atoms with Gasteiger partial charge in [0.25, 0.3) is 11.5 Å². The third-order valence-corrected chi connectivity index (χ3v) is 6.24. The minimum atomic E-state index is -1.34. The Morgan fingerprint density at radius 1 is 1.22 bits per heavy atom. The van der Waals surface area contributed by atoms with Crippen molar-refractivity contribution < 1.29 is 9.53 Å².